The van der Waals surface area contributed by atoms with Crippen LogP contribution in [0.25, 0.3) is 0 Å². The van der Waals surface area contributed by atoms with Crippen LogP contribution in [0.4, 0.5) is 0 Å². The Bertz CT molecular complexity index is 173. The molecule has 0 saturated carbocycles. The number of aliphatic hydroxyl groups is 1. The smallest absolute Gasteiger partial charge is 0.0940 e. The van der Waals surface area contributed by atoms with E-state index < -0.39 is 0 Å². The fourth-order valence-electron chi connectivity index (χ4n) is 1.42. The van der Waals surface area contributed by atoms with Gasteiger partial charge in [-0.05, 0) is 24.8 Å². The number of allylic oxidation sites excluding steroid dienone is 1. The van der Waals surface area contributed by atoms with Gasteiger partial charge in [0, 0.05) is 5.92 Å². The van der Waals surface area contributed by atoms with Crippen LogP contribution in [0.5, 0.6) is 0 Å². The standard InChI is InChI=1S/C10H16O2/c1-2-3-4-5-9-7-12-8-10(9)6-11/h2,8-9,11H,1,3-7H2/t9-/m0/s1. The molecule has 0 fully saturated rings. The lowest BCUT2D eigenvalue weighted by Crippen LogP contribution is -2.06. The summed E-state index contributed by atoms with van der Waals surface area (Å²) < 4.78 is 5.14. The largest absolute Gasteiger partial charge is 0.501 e. The van der Waals surface area contributed by atoms with Crippen molar-refractivity contribution in [1.82, 2.24) is 0 Å². The van der Waals surface area contributed by atoms with Gasteiger partial charge in [0.2, 0.25) is 0 Å². The van der Waals surface area contributed by atoms with Crippen LogP contribution >= 0.6 is 0 Å². The molecule has 1 rings (SSSR count). The lowest BCUT2D eigenvalue weighted by Gasteiger charge is -2.09. The first kappa shape index (κ1) is 9.33. The number of ether oxygens (including phenoxy) is 1. The molecule has 0 aromatic heterocycles. The average Bonchev–Trinajstić information content (AvgIpc) is 2.52. The molecule has 0 aliphatic carbocycles. The molecule has 0 saturated heterocycles. The summed E-state index contributed by atoms with van der Waals surface area (Å²) in [7, 11) is 0. The average molecular weight is 168 g/mol. The van der Waals surface area contributed by atoms with Gasteiger partial charge in [-0.1, -0.05) is 6.08 Å². The van der Waals surface area contributed by atoms with Gasteiger partial charge in [-0.25, -0.2) is 0 Å². The van der Waals surface area contributed by atoms with E-state index in [1.807, 2.05) is 6.08 Å². The predicted molar refractivity (Wildman–Crippen MR) is 48.7 cm³/mol. The molecule has 12 heavy (non-hydrogen) atoms. The number of unbranched alkanes of at least 4 members (excludes halogenated alkanes) is 1. The van der Waals surface area contributed by atoms with Crippen LogP contribution < -0.4 is 0 Å². The lowest BCUT2D eigenvalue weighted by molar-refractivity contribution is 0.239. The van der Waals surface area contributed by atoms with E-state index in [-0.39, 0.29) is 6.61 Å². The molecule has 0 spiro atoms. The van der Waals surface area contributed by atoms with E-state index in [9.17, 15) is 0 Å². The van der Waals surface area contributed by atoms with Crippen molar-refractivity contribution >= 4 is 0 Å². The lowest BCUT2D eigenvalue weighted by atomic mass is 9.97. The van der Waals surface area contributed by atoms with Crippen molar-refractivity contribution in [2.75, 3.05) is 13.2 Å². The second-order valence-electron chi connectivity index (χ2n) is 3.10. The molecule has 1 aliphatic heterocycles. The van der Waals surface area contributed by atoms with Crippen molar-refractivity contribution < 1.29 is 9.84 Å². The van der Waals surface area contributed by atoms with Gasteiger partial charge in [-0.15, -0.1) is 6.58 Å². The van der Waals surface area contributed by atoms with Crippen LogP contribution in [0.2, 0.25) is 0 Å². The maximum absolute atomic E-state index is 8.92. The minimum atomic E-state index is 0.138. The summed E-state index contributed by atoms with van der Waals surface area (Å²) >= 11 is 0. The first-order valence-electron chi connectivity index (χ1n) is 4.40. The molecular weight excluding hydrogens is 152 g/mol. The number of hydrogen-bond donors (Lipinski definition) is 1. The second-order valence-corrected chi connectivity index (χ2v) is 3.10. The van der Waals surface area contributed by atoms with Crippen LogP contribution in [0.1, 0.15) is 19.3 Å². The Hall–Kier alpha value is -0.760. The zero-order chi connectivity index (χ0) is 8.81. The maximum Gasteiger partial charge on any atom is 0.0940 e. The third kappa shape index (κ3) is 2.38. The van der Waals surface area contributed by atoms with Gasteiger partial charge in [0.05, 0.1) is 19.5 Å². The quantitative estimate of drug-likeness (QED) is 0.501. The molecule has 1 N–H and O–H groups in total. The van der Waals surface area contributed by atoms with Gasteiger partial charge in [0.25, 0.3) is 0 Å². The van der Waals surface area contributed by atoms with E-state index in [4.69, 9.17) is 9.84 Å². The van der Waals surface area contributed by atoms with Gasteiger partial charge in [-0.2, -0.15) is 0 Å². The number of hydrogen-bond acceptors (Lipinski definition) is 2. The Kier molecular flexibility index (Phi) is 3.88. The van der Waals surface area contributed by atoms with Crippen LogP contribution in [0.15, 0.2) is 24.5 Å². The van der Waals surface area contributed by atoms with Crippen molar-refractivity contribution in [3.63, 3.8) is 0 Å². The zero-order valence-corrected chi connectivity index (χ0v) is 7.33. The molecule has 68 valence electrons. The first-order chi connectivity index (χ1) is 5.88. The SMILES string of the molecule is C=CCCC[C@H]1COC=C1CO. The van der Waals surface area contributed by atoms with E-state index in [2.05, 4.69) is 6.58 Å². The van der Waals surface area contributed by atoms with Gasteiger partial charge < -0.3 is 9.84 Å². The molecule has 1 atom stereocenters. The minimum absolute atomic E-state index is 0.138. The highest BCUT2D eigenvalue weighted by Crippen LogP contribution is 2.23. The fraction of sp³-hybridized carbons (Fsp3) is 0.600. The van der Waals surface area contributed by atoms with Gasteiger partial charge in [0.1, 0.15) is 0 Å². The molecular formula is C10H16O2. The Morgan fingerprint density at radius 3 is 3.25 bits per heavy atom. The Balaban J connectivity index is 2.23. The topological polar surface area (TPSA) is 29.5 Å². The predicted octanol–water partition coefficient (Wildman–Crippen LogP) is 1.87. The molecule has 0 unspecified atom stereocenters. The van der Waals surface area contributed by atoms with Crippen molar-refractivity contribution in [2.24, 2.45) is 5.92 Å². The number of aliphatic hydroxyl groups excluding tert-OH is 1. The Morgan fingerprint density at radius 1 is 1.75 bits per heavy atom. The van der Waals surface area contributed by atoms with E-state index >= 15 is 0 Å². The van der Waals surface area contributed by atoms with Crippen LogP contribution in [0.3, 0.4) is 0 Å². The van der Waals surface area contributed by atoms with E-state index in [0.717, 1.165) is 31.4 Å². The van der Waals surface area contributed by atoms with E-state index in [1.165, 1.54) is 0 Å². The van der Waals surface area contributed by atoms with Crippen molar-refractivity contribution in [3.8, 4) is 0 Å². The minimum Gasteiger partial charge on any atom is -0.501 e. The highest BCUT2D eigenvalue weighted by molar-refractivity contribution is 5.08. The van der Waals surface area contributed by atoms with E-state index in [1.54, 1.807) is 6.26 Å². The molecule has 0 aromatic carbocycles. The summed E-state index contributed by atoms with van der Waals surface area (Å²) in [5.74, 6) is 0.440. The highest BCUT2D eigenvalue weighted by Gasteiger charge is 2.18. The zero-order valence-electron chi connectivity index (χ0n) is 7.33. The molecule has 2 nitrogen and oxygen atoms in total. The van der Waals surface area contributed by atoms with Crippen molar-refractivity contribution in [1.29, 1.82) is 0 Å². The summed E-state index contributed by atoms with van der Waals surface area (Å²) in [5.41, 5.74) is 1.04. The van der Waals surface area contributed by atoms with Gasteiger partial charge in [-0.3, -0.25) is 0 Å². The third-order valence-electron chi connectivity index (χ3n) is 2.20. The summed E-state index contributed by atoms with van der Waals surface area (Å²) in [4.78, 5) is 0. The molecule has 0 aromatic rings. The molecule has 2 heteroatoms. The number of rotatable bonds is 5. The highest BCUT2D eigenvalue weighted by atomic mass is 16.5. The molecule has 1 aliphatic rings. The Labute approximate surface area is 73.5 Å². The van der Waals surface area contributed by atoms with Crippen molar-refractivity contribution in [3.05, 3.63) is 24.5 Å². The molecule has 1 heterocycles. The maximum atomic E-state index is 8.92. The molecule has 0 radical (unpaired) electrons. The Morgan fingerprint density at radius 2 is 2.58 bits per heavy atom. The molecule has 0 bridgehead atoms. The summed E-state index contributed by atoms with van der Waals surface area (Å²) in [6.07, 6.45) is 6.90. The fourth-order valence-corrected chi connectivity index (χ4v) is 1.42. The van der Waals surface area contributed by atoms with Crippen LogP contribution in [-0.2, 0) is 4.74 Å². The van der Waals surface area contributed by atoms with Crippen LogP contribution in [-0.4, -0.2) is 18.3 Å². The summed E-state index contributed by atoms with van der Waals surface area (Å²) in [5, 5.41) is 8.92. The summed E-state index contributed by atoms with van der Waals surface area (Å²) in [6, 6.07) is 0. The third-order valence-corrected chi connectivity index (χ3v) is 2.20. The normalized spacial score (nSPS) is 21.8. The molecule has 0 amide bonds. The van der Waals surface area contributed by atoms with Gasteiger partial charge in [0.15, 0.2) is 0 Å². The summed E-state index contributed by atoms with van der Waals surface area (Å²) in [6.45, 7) is 4.55. The second kappa shape index (κ2) is 4.99. The monoisotopic (exact) mass is 168 g/mol. The van der Waals surface area contributed by atoms with Crippen molar-refractivity contribution in [2.45, 2.75) is 19.3 Å². The van der Waals surface area contributed by atoms with Gasteiger partial charge >= 0.3 is 0 Å². The van der Waals surface area contributed by atoms with Crippen LogP contribution in [0, 0.1) is 5.92 Å². The van der Waals surface area contributed by atoms with E-state index in [0.29, 0.717) is 5.92 Å². The first-order valence-corrected chi connectivity index (χ1v) is 4.40.